The van der Waals surface area contributed by atoms with E-state index in [9.17, 15) is 0 Å². The first-order chi connectivity index (χ1) is 8.15. The average Bonchev–Trinajstić information content (AvgIpc) is 2.30. The van der Waals surface area contributed by atoms with Crippen LogP contribution in [0.25, 0.3) is 0 Å². The van der Waals surface area contributed by atoms with E-state index >= 15 is 0 Å². The van der Waals surface area contributed by atoms with Crippen molar-refractivity contribution in [1.82, 2.24) is 10.3 Å². The molecule has 3 nitrogen and oxygen atoms in total. The lowest BCUT2D eigenvalue weighted by Gasteiger charge is -2.20. The lowest BCUT2D eigenvalue weighted by molar-refractivity contribution is 0.0603. The first-order valence-corrected chi connectivity index (χ1v) is 6.48. The Morgan fingerprint density at radius 3 is 2.82 bits per heavy atom. The maximum atomic E-state index is 6.16. The van der Waals surface area contributed by atoms with Crippen LogP contribution in [-0.4, -0.2) is 24.2 Å². The van der Waals surface area contributed by atoms with Gasteiger partial charge in [0.25, 0.3) is 0 Å². The van der Waals surface area contributed by atoms with E-state index in [1.807, 2.05) is 26.0 Å². The van der Waals surface area contributed by atoms with Crippen molar-refractivity contribution in [3.8, 4) is 0 Å². The van der Waals surface area contributed by atoms with Gasteiger partial charge in [-0.05, 0) is 38.9 Å². The van der Waals surface area contributed by atoms with Gasteiger partial charge in [-0.2, -0.15) is 0 Å². The second-order valence-electron chi connectivity index (χ2n) is 4.26. The van der Waals surface area contributed by atoms with Crippen molar-refractivity contribution in [2.75, 3.05) is 13.2 Å². The molecule has 17 heavy (non-hydrogen) atoms. The number of rotatable bonds is 7. The first kappa shape index (κ1) is 14.4. The molecule has 0 aliphatic carbocycles. The molecule has 1 unspecified atom stereocenters. The van der Waals surface area contributed by atoms with E-state index in [1.165, 1.54) is 0 Å². The second-order valence-corrected chi connectivity index (χ2v) is 4.67. The molecule has 0 saturated carbocycles. The summed E-state index contributed by atoms with van der Waals surface area (Å²) in [5.74, 6) is 0. The highest BCUT2D eigenvalue weighted by molar-refractivity contribution is 6.31. The number of halogens is 1. The molecule has 1 atom stereocenters. The van der Waals surface area contributed by atoms with Crippen molar-refractivity contribution in [2.45, 2.75) is 39.3 Å². The van der Waals surface area contributed by atoms with Crippen LogP contribution in [0.5, 0.6) is 0 Å². The Kier molecular flexibility index (Phi) is 6.48. The van der Waals surface area contributed by atoms with E-state index in [2.05, 4.69) is 17.2 Å². The molecule has 1 heterocycles. The smallest absolute Gasteiger partial charge is 0.0782 e. The molecule has 0 aromatic carbocycles. The Hall–Kier alpha value is -0.640. The Labute approximate surface area is 109 Å². The van der Waals surface area contributed by atoms with Crippen molar-refractivity contribution in [2.24, 2.45) is 0 Å². The minimum absolute atomic E-state index is 0.0612. The van der Waals surface area contributed by atoms with Gasteiger partial charge >= 0.3 is 0 Å². The molecule has 0 aliphatic heterocycles. The Balaban J connectivity index is 2.71. The van der Waals surface area contributed by atoms with Crippen LogP contribution in [0.15, 0.2) is 18.3 Å². The third kappa shape index (κ3) is 5.02. The highest BCUT2D eigenvalue weighted by atomic mass is 35.5. The number of pyridine rings is 1. The van der Waals surface area contributed by atoms with Crippen LogP contribution in [0.4, 0.5) is 0 Å². The quantitative estimate of drug-likeness (QED) is 0.814. The van der Waals surface area contributed by atoms with E-state index in [0.29, 0.717) is 11.6 Å². The molecule has 0 radical (unpaired) electrons. The van der Waals surface area contributed by atoms with Gasteiger partial charge in [0.1, 0.15) is 0 Å². The molecule has 0 spiro atoms. The third-order valence-corrected chi connectivity index (χ3v) is 2.67. The molecule has 1 aromatic heterocycles. The monoisotopic (exact) mass is 256 g/mol. The fourth-order valence-corrected chi connectivity index (χ4v) is 1.75. The van der Waals surface area contributed by atoms with E-state index in [-0.39, 0.29) is 12.1 Å². The molecule has 0 bridgehead atoms. The number of hydrogen-bond donors (Lipinski definition) is 1. The minimum Gasteiger partial charge on any atom is -0.377 e. The molecule has 0 amide bonds. The lowest BCUT2D eigenvalue weighted by atomic mass is 10.2. The van der Waals surface area contributed by atoms with Crippen LogP contribution >= 0.6 is 11.6 Å². The highest BCUT2D eigenvalue weighted by Crippen LogP contribution is 2.20. The fraction of sp³-hybridized carbons (Fsp3) is 0.615. The Bertz CT molecular complexity index is 331. The van der Waals surface area contributed by atoms with E-state index < -0.39 is 0 Å². The van der Waals surface area contributed by atoms with E-state index in [0.717, 1.165) is 18.7 Å². The van der Waals surface area contributed by atoms with Crippen LogP contribution in [0.1, 0.15) is 38.9 Å². The Morgan fingerprint density at radius 2 is 2.24 bits per heavy atom. The summed E-state index contributed by atoms with van der Waals surface area (Å²) in [7, 11) is 0. The van der Waals surface area contributed by atoms with E-state index in [4.69, 9.17) is 16.3 Å². The number of aromatic nitrogens is 1. The topological polar surface area (TPSA) is 34.1 Å². The molecule has 0 aliphatic rings. The number of nitrogens with one attached hydrogen (secondary N) is 1. The van der Waals surface area contributed by atoms with Crippen LogP contribution in [0, 0.1) is 0 Å². The largest absolute Gasteiger partial charge is 0.377 e. The molecular weight excluding hydrogens is 236 g/mol. The standard InChI is InChI=1S/C13H21ClN2O/c1-4-7-15-12(9-17-10(2)3)13-11(14)6-5-8-16-13/h5-6,8,10,12,15H,4,7,9H2,1-3H3. The third-order valence-electron chi connectivity index (χ3n) is 2.35. The first-order valence-electron chi connectivity index (χ1n) is 6.10. The number of ether oxygens (including phenoxy) is 1. The second kappa shape index (κ2) is 7.64. The van der Waals surface area contributed by atoms with Gasteiger partial charge in [0.05, 0.1) is 29.5 Å². The van der Waals surface area contributed by atoms with Crippen molar-refractivity contribution in [3.05, 3.63) is 29.0 Å². The average molecular weight is 257 g/mol. The molecular formula is C13H21ClN2O. The number of hydrogen-bond acceptors (Lipinski definition) is 3. The van der Waals surface area contributed by atoms with Crippen molar-refractivity contribution >= 4 is 11.6 Å². The van der Waals surface area contributed by atoms with Gasteiger partial charge in [0, 0.05) is 6.20 Å². The summed E-state index contributed by atoms with van der Waals surface area (Å²) < 4.78 is 5.65. The van der Waals surface area contributed by atoms with E-state index in [1.54, 1.807) is 6.20 Å². The van der Waals surface area contributed by atoms with Crippen LogP contribution in [0.3, 0.4) is 0 Å². The summed E-state index contributed by atoms with van der Waals surface area (Å²) in [5.41, 5.74) is 0.864. The zero-order valence-corrected chi connectivity index (χ0v) is 11.5. The van der Waals surface area contributed by atoms with Gasteiger partial charge in [-0.15, -0.1) is 0 Å². The predicted molar refractivity (Wildman–Crippen MR) is 71.4 cm³/mol. The summed E-state index contributed by atoms with van der Waals surface area (Å²) in [6, 6.07) is 3.76. The fourth-order valence-electron chi connectivity index (χ4n) is 1.50. The maximum absolute atomic E-state index is 6.16. The molecule has 1 aromatic rings. The van der Waals surface area contributed by atoms with Gasteiger partial charge < -0.3 is 10.1 Å². The van der Waals surface area contributed by atoms with Crippen LogP contribution in [0.2, 0.25) is 5.02 Å². The van der Waals surface area contributed by atoms with Gasteiger partial charge in [0.15, 0.2) is 0 Å². The van der Waals surface area contributed by atoms with Crippen LogP contribution < -0.4 is 5.32 Å². The van der Waals surface area contributed by atoms with Crippen molar-refractivity contribution in [1.29, 1.82) is 0 Å². The molecule has 4 heteroatoms. The SMILES string of the molecule is CCCNC(COC(C)C)c1ncccc1Cl. The molecule has 96 valence electrons. The van der Waals surface area contributed by atoms with Gasteiger partial charge in [-0.3, -0.25) is 4.98 Å². The molecule has 1 N–H and O–H groups in total. The normalized spacial score (nSPS) is 13.0. The number of nitrogens with zero attached hydrogens (tertiary/aromatic N) is 1. The van der Waals surface area contributed by atoms with Gasteiger partial charge in [0.2, 0.25) is 0 Å². The summed E-state index contributed by atoms with van der Waals surface area (Å²) in [4.78, 5) is 4.34. The minimum atomic E-state index is 0.0612. The zero-order valence-electron chi connectivity index (χ0n) is 10.7. The molecule has 0 saturated heterocycles. The summed E-state index contributed by atoms with van der Waals surface area (Å²) in [6.07, 6.45) is 3.04. The summed E-state index contributed by atoms with van der Waals surface area (Å²) in [5, 5.41) is 4.10. The van der Waals surface area contributed by atoms with Crippen LogP contribution in [-0.2, 0) is 4.74 Å². The highest BCUT2D eigenvalue weighted by Gasteiger charge is 2.16. The Morgan fingerprint density at radius 1 is 1.47 bits per heavy atom. The van der Waals surface area contributed by atoms with Crippen molar-refractivity contribution in [3.63, 3.8) is 0 Å². The summed E-state index contributed by atoms with van der Waals surface area (Å²) >= 11 is 6.16. The lowest BCUT2D eigenvalue weighted by Crippen LogP contribution is -2.28. The predicted octanol–water partition coefficient (Wildman–Crippen LogP) is 3.20. The molecule has 1 rings (SSSR count). The summed E-state index contributed by atoms with van der Waals surface area (Å²) in [6.45, 7) is 7.70. The molecule has 0 fully saturated rings. The van der Waals surface area contributed by atoms with Crippen molar-refractivity contribution < 1.29 is 4.74 Å². The zero-order chi connectivity index (χ0) is 12.7. The maximum Gasteiger partial charge on any atom is 0.0782 e. The van der Waals surface area contributed by atoms with Gasteiger partial charge in [-0.1, -0.05) is 18.5 Å². The van der Waals surface area contributed by atoms with Gasteiger partial charge in [-0.25, -0.2) is 0 Å².